The summed E-state index contributed by atoms with van der Waals surface area (Å²) in [6.07, 6.45) is 0.996. The molecule has 3 rings (SSSR count). The Morgan fingerprint density at radius 3 is 2.86 bits per heavy atom. The summed E-state index contributed by atoms with van der Waals surface area (Å²) in [7, 11) is 4.11. The van der Waals surface area contributed by atoms with Crippen LogP contribution in [0.4, 0.5) is 11.4 Å². The summed E-state index contributed by atoms with van der Waals surface area (Å²) in [4.78, 5) is 2.12. The summed E-state index contributed by atoms with van der Waals surface area (Å²) in [5.41, 5.74) is 4.81. The molecule has 0 saturated heterocycles. The fraction of sp³-hybridized carbons (Fsp3) is 0.294. The van der Waals surface area contributed by atoms with Crippen molar-refractivity contribution in [3.63, 3.8) is 0 Å². The highest BCUT2D eigenvalue weighted by molar-refractivity contribution is 9.10. The zero-order chi connectivity index (χ0) is 14.8. The summed E-state index contributed by atoms with van der Waals surface area (Å²) in [6, 6.07) is 12.6. The molecule has 2 aromatic rings. The third-order valence-corrected chi connectivity index (χ3v) is 4.14. The van der Waals surface area contributed by atoms with Crippen molar-refractivity contribution in [2.45, 2.75) is 13.0 Å². The lowest BCUT2D eigenvalue weighted by Crippen LogP contribution is -2.12. The number of hydrogen-bond donors (Lipinski definition) is 1. The molecule has 0 fully saturated rings. The van der Waals surface area contributed by atoms with Gasteiger partial charge in [0, 0.05) is 37.1 Å². The SMILES string of the molecule is CN(C)c1ccccc1NCc1cc(Br)cc2c1OCC2. The van der Waals surface area contributed by atoms with E-state index >= 15 is 0 Å². The van der Waals surface area contributed by atoms with Gasteiger partial charge in [0.25, 0.3) is 0 Å². The van der Waals surface area contributed by atoms with Crippen LogP contribution in [0.15, 0.2) is 40.9 Å². The number of rotatable bonds is 4. The quantitative estimate of drug-likeness (QED) is 0.903. The molecule has 0 aromatic heterocycles. The first-order valence-electron chi connectivity index (χ1n) is 7.09. The minimum atomic E-state index is 0.757. The van der Waals surface area contributed by atoms with Crippen molar-refractivity contribution < 1.29 is 4.74 Å². The molecule has 0 radical (unpaired) electrons. The molecule has 0 atom stereocenters. The minimum absolute atomic E-state index is 0.757. The Labute approximate surface area is 134 Å². The van der Waals surface area contributed by atoms with Crippen LogP contribution in [-0.2, 0) is 13.0 Å². The topological polar surface area (TPSA) is 24.5 Å². The van der Waals surface area contributed by atoms with Crippen molar-refractivity contribution in [3.05, 3.63) is 52.0 Å². The molecule has 0 amide bonds. The Kier molecular flexibility index (Phi) is 4.06. The lowest BCUT2D eigenvalue weighted by atomic mass is 10.1. The Morgan fingerprint density at radius 1 is 1.24 bits per heavy atom. The van der Waals surface area contributed by atoms with Crippen molar-refractivity contribution >= 4 is 27.3 Å². The summed E-state index contributed by atoms with van der Waals surface area (Å²) >= 11 is 3.59. The van der Waals surface area contributed by atoms with Crippen LogP contribution in [0.1, 0.15) is 11.1 Å². The van der Waals surface area contributed by atoms with Gasteiger partial charge >= 0.3 is 0 Å². The number of benzene rings is 2. The first-order chi connectivity index (χ1) is 10.1. The van der Waals surface area contributed by atoms with Crippen LogP contribution in [0.2, 0.25) is 0 Å². The second-order valence-corrected chi connectivity index (χ2v) is 6.33. The van der Waals surface area contributed by atoms with Crippen LogP contribution in [0.3, 0.4) is 0 Å². The monoisotopic (exact) mass is 346 g/mol. The second kappa shape index (κ2) is 5.98. The number of anilines is 2. The van der Waals surface area contributed by atoms with E-state index in [4.69, 9.17) is 4.74 Å². The molecular formula is C17H19BrN2O. The van der Waals surface area contributed by atoms with E-state index in [0.717, 1.165) is 35.5 Å². The van der Waals surface area contributed by atoms with Gasteiger partial charge in [-0.15, -0.1) is 0 Å². The minimum Gasteiger partial charge on any atom is -0.493 e. The van der Waals surface area contributed by atoms with Crippen LogP contribution >= 0.6 is 15.9 Å². The van der Waals surface area contributed by atoms with Crippen molar-refractivity contribution in [2.75, 3.05) is 30.9 Å². The summed E-state index contributed by atoms with van der Waals surface area (Å²) in [5.74, 6) is 1.05. The number of nitrogens with one attached hydrogen (secondary N) is 1. The van der Waals surface area contributed by atoms with Gasteiger partial charge in [-0.25, -0.2) is 0 Å². The smallest absolute Gasteiger partial charge is 0.127 e. The summed E-state index contributed by atoms with van der Waals surface area (Å²) in [6.45, 7) is 1.54. The van der Waals surface area contributed by atoms with Gasteiger partial charge in [0.2, 0.25) is 0 Å². The molecule has 0 spiro atoms. The van der Waals surface area contributed by atoms with Gasteiger partial charge in [-0.3, -0.25) is 0 Å². The first-order valence-corrected chi connectivity index (χ1v) is 7.89. The summed E-state index contributed by atoms with van der Waals surface area (Å²) in [5, 5.41) is 3.53. The van der Waals surface area contributed by atoms with E-state index in [2.05, 4.69) is 76.6 Å². The molecule has 0 aliphatic carbocycles. The van der Waals surface area contributed by atoms with Gasteiger partial charge < -0.3 is 15.0 Å². The predicted molar refractivity (Wildman–Crippen MR) is 91.4 cm³/mol. The van der Waals surface area contributed by atoms with E-state index in [1.807, 2.05) is 0 Å². The highest BCUT2D eigenvalue weighted by Crippen LogP contribution is 2.34. The Balaban J connectivity index is 1.83. The average molecular weight is 347 g/mol. The van der Waals surface area contributed by atoms with Crippen LogP contribution < -0.4 is 15.0 Å². The molecule has 1 N–H and O–H groups in total. The van der Waals surface area contributed by atoms with E-state index in [1.54, 1.807) is 0 Å². The molecule has 1 aliphatic rings. The Morgan fingerprint density at radius 2 is 2.05 bits per heavy atom. The van der Waals surface area contributed by atoms with Gasteiger partial charge in [0.05, 0.1) is 18.0 Å². The van der Waals surface area contributed by atoms with Crippen LogP contribution in [-0.4, -0.2) is 20.7 Å². The van der Waals surface area contributed by atoms with Crippen molar-refractivity contribution in [3.8, 4) is 5.75 Å². The van der Waals surface area contributed by atoms with Crippen molar-refractivity contribution in [1.29, 1.82) is 0 Å². The maximum Gasteiger partial charge on any atom is 0.127 e. The molecule has 0 unspecified atom stereocenters. The molecule has 1 heterocycles. The highest BCUT2D eigenvalue weighted by atomic mass is 79.9. The van der Waals surface area contributed by atoms with E-state index < -0.39 is 0 Å². The highest BCUT2D eigenvalue weighted by Gasteiger charge is 2.17. The van der Waals surface area contributed by atoms with Gasteiger partial charge in [-0.05, 0) is 29.8 Å². The molecule has 2 aromatic carbocycles. The van der Waals surface area contributed by atoms with Gasteiger partial charge in [-0.1, -0.05) is 28.1 Å². The zero-order valence-corrected chi connectivity index (χ0v) is 13.9. The van der Waals surface area contributed by atoms with Gasteiger partial charge in [0.15, 0.2) is 0 Å². The second-order valence-electron chi connectivity index (χ2n) is 5.42. The number of para-hydroxylation sites is 2. The number of fused-ring (bicyclic) bond motifs is 1. The van der Waals surface area contributed by atoms with Crippen LogP contribution in [0.25, 0.3) is 0 Å². The average Bonchev–Trinajstić information content (AvgIpc) is 2.93. The Bertz CT molecular complexity index is 655. The normalized spacial score (nSPS) is 12.7. The maximum absolute atomic E-state index is 5.78. The van der Waals surface area contributed by atoms with Crippen molar-refractivity contribution in [1.82, 2.24) is 0 Å². The molecule has 3 nitrogen and oxygen atoms in total. The fourth-order valence-corrected chi connectivity index (χ4v) is 3.23. The lowest BCUT2D eigenvalue weighted by Gasteiger charge is -2.19. The largest absolute Gasteiger partial charge is 0.493 e. The summed E-state index contributed by atoms with van der Waals surface area (Å²) < 4.78 is 6.89. The molecule has 4 heteroatoms. The Hall–Kier alpha value is -1.68. The standard InChI is InChI=1S/C17H19BrN2O/c1-20(2)16-6-4-3-5-15(16)19-11-13-10-14(18)9-12-7-8-21-17(12)13/h3-6,9-10,19H,7-8,11H2,1-2H3. The van der Waals surface area contributed by atoms with Crippen molar-refractivity contribution in [2.24, 2.45) is 0 Å². The first kappa shape index (κ1) is 14.3. The van der Waals surface area contributed by atoms with Crippen LogP contribution in [0.5, 0.6) is 5.75 Å². The molecule has 110 valence electrons. The predicted octanol–water partition coefficient (Wildman–Crippen LogP) is 4.06. The molecule has 0 saturated carbocycles. The van der Waals surface area contributed by atoms with Crippen LogP contribution in [0, 0.1) is 0 Å². The third-order valence-electron chi connectivity index (χ3n) is 3.68. The maximum atomic E-state index is 5.78. The third kappa shape index (κ3) is 3.00. The number of hydrogen-bond acceptors (Lipinski definition) is 3. The number of nitrogens with zero attached hydrogens (tertiary/aromatic N) is 1. The number of ether oxygens (including phenoxy) is 1. The molecule has 1 aliphatic heterocycles. The fourth-order valence-electron chi connectivity index (χ4n) is 2.68. The molecule has 0 bridgehead atoms. The van der Waals surface area contributed by atoms with E-state index in [-0.39, 0.29) is 0 Å². The molecule has 21 heavy (non-hydrogen) atoms. The molecular weight excluding hydrogens is 328 g/mol. The van der Waals surface area contributed by atoms with E-state index in [1.165, 1.54) is 16.8 Å². The zero-order valence-electron chi connectivity index (χ0n) is 12.3. The van der Waals surface area contributed by atoms with Gasteiger partial charge in [-0.2, -0.15) is 0 Å². The van der Waals surface area contributed by atoms with E-state index in [9.17, 15) is 0 Å². The lowest BCUT2D eigenvalue weighted by molar-refractivity contribution is 0.354. The number of halogens is 1. The van der Waals surface area contributed by atoms with E-state index in [0.29, 0.717) is 0 Å². The van der Waals surface area contributed by atoms with Gasteiger partial charge in [0.1, 0.15) is 5.75 Å².